The highest BCUT2D eigenvalue weighted by Gasteiger charge is 2.11. The number of aromatic nitrogens is 1. The first-order valence-corrected chi connectivity index (χ1v) is 4.75. The predicted octanol–water partition coefficient (Wildman–Crippen LogP) is 2.56. The second-order valence-corrected chi connectivity index (χ2v) is 3.30. The van der Waals surface area contributed by atoms with E-state index in [-0.39, 0.29) is 0 Å². The fourth-order valence-corrected chi connectivity index (χ4v) is 1.72. The predicted molar refractivity (Wildman–Crippen MR) is 59.6 cm³/mol. The zero-order valence-corrected chi connectivity index (χ0v) is 9.07. The highest BCUT2D eigenvalue weighted by molar-refractivity contribution is 5.87. The summed E-state index contributed by atoms with van der Waals surface area (Å²) in [6.07, 6.45) is 0. The van der Waals surface area contributed by atoms with Crippen molar-refractivity contribution in [3.8, 4) is 11.6 Å². The van der Waals surface area contributed by atoms with E-state index in [1.165, 1.54) is 0 Å². The van der Waals surface area contributed by atoms with Crippen LogP contribution >= 0.6 is 0 Å². The summed E-state index contributed by atoms with van der Waals surface area (Å²) >= 11 is 0. The Kier molecular flexibility index (Phi) is 2.46. The molecule has 3 nitrogen and oxygen atoms in total. The molecule has 3 heteroatoms. The van der Waals surface area contributed by atoms with Crippen molar-refractivity contribution in [2.24, 2.45) is 0 Å². The van der Waals surface area contributed by atoms with Crippen molar-refractivity contribution >= 4 is 10.9 Å². The second-order valence-electron chi connectivity index (χ2n) is 3.30. The molecule has 0 aliphatic carbocycles. The maximum Gasteiger partial charge on any atom is 0.220 e. The smallest absolute Gasteiger partial charge is 0.220 e. The zero-order chi connectivity index (χ0) is 10.8. The van der Waals surface area contributed by atoms with Gasteiger partial charge in [-0.05, 0) is 19.1 Å². The van der Waals surface area contributed by atoms with Crippen LogP contribution < -0.4 is 9.47 Å². The summed E-state index contributed by atoms with van der Waals surface area (Å²) < 4.78 is 10.6. The van der Waals surface area contributed by atoms with Gasteiger partial charge in [0.15, 0.2) is 0 Å². The maximum atomic E-state index is 5.38. The van der Waals surface area contributed by atoms with Crippen molar-refractivity contribution in [3.63, 3.8) is 0 Å². The minimum absolute atomic E-state index is 0.616. The topological polar surface area (TPSA) is 31.4 Å². The SMILES string of the molecule is COc1nc2ccccc2c(OC)c1C. The van der Waals surface area contributed by atoms with Gasteiger partial charge in [-0.1, -0.05) is 12.1 Å². The zero-order valence-electron chi connectivity index (χ0n) is 9.07. The van der Waals surface area contributed by atoms with Gasteiger partial charge in [0.05, 0.1) is 25.3 Å². The monoisotopic (exact) mass is 203 g/mol. The second kappa shape index (κ2) is 3.77. The van der Waals surface area contributed by atoms with Gasteiger partial charge in [-0.25, -0.2) is 4.98 Å². The largest absolute Gasteiger partial charge is 0.496 e. The molecule has 1 heterocycles. The van der Waals surface area contributed by atoms with Crippen LogP contribution in [0.25, 0.3) is 10.9 Å². The number of rotatable bonds is 2. The van der Waals surface area contributed by atoms with Crippen LogP contribution in [-0.2, 0) is 0 Å². The quantitative estimate of drug-likeness (QED) is 0.751. The maximum absolute atomic E-state index is 5.38. The molecule has 0 radical (unpaired) electrons. The summed E-state index contributed by atoms with van der Waals surface area (Å²) in [5.41, 5.74) is 1.82. The lowest BCUT2D eigenvalue weighted by Gasteiger charge is -2.11. The van der Waals surface area contributed by atoms with E-state index in [1.54, 1.807) is 14.2 Å². The van der Waals surface area contributed by atoms with Gasteiger partial charge in [0.1, 0.15) is 5.75 Å². The Bertz CT molecular complexity index is 494. The van der Waals surface area contributed by atoms with Crippen LogP contribution in [0.2, 0.25) is 0 Å². The Morgan fingerprint density at radius 1 is 1.07 bits per heavy atom. The molecule has 0 aliphatic rings. The van der Waals surface area contributed by atoms with E-state index in [4.69, 9.17) is 9.47 Å². The molecule has 0 fully saturated rings. The van der Waals surface area contributed by atoms with Crippen molar-refractivity contribution in [1.29, 1.82) is 0 Å². The minimum Gasteiger partial charge on any atom is -0.496 e. The Labute approximate surface area is 88.7 Å². The average molecular weight is 203 g/mol. The molecule has 0 amide bonds. The van der Waals surface area contributed by atoms with Crippen LogP contribution in [0.1, 0.15) is 5.56 Å². The van der Waals surface area contributed by atoms with E-state index >= 15 is 0 Å². The molecule has 0 spiro atoms. The van der Waals surface area contributed by atoms with E-state index in [0.717, 1.165) is 22.2 Å². The first-order chi connectivity index (χ1) is 7.27. The van der Waals surface area contributed by atoms with E-state index in [1.807, 2.05) is 31.2 Å². The number of ether oxygens (including phenoxy) is 2. The van der Waals surface area contributed by atoms with E-state index in [0.29, 0.717) is 5.88 Å². The molecule has 15 heavy (non-hydrogen) atoms. The number of nitrogens with zero attached hydrogens (tertiary/aromatic N) is 1. The molecule has 2 aromatic rings. The average Bonchev–Trinajstić information content (AvgIpc) is 2.28. The van der Waals surface area contributed by atoms with Crippen molar-refractivity contribution < 1.29 is 9.47 Å². The molecule has 0 bridgehead atoms. The molecule has 0 unspecified atom stereocenters. The molecule has 0 saturated heterocycles. The summed E-state index contributed by atoms with van der Waals surface area (Å²) in [6.45, 7) is 1.94. The number of fused-ring (bicyclic) bond motifs is 1. The van der Waals surface area contributed by atoms with Crippen LogP contribution in [0.5, 0.6) is 11.6 Å². The van der Waals surface area contributed by atoms with Crippen molar-refractivity contribution in [2.75, 3.05) is 14.2 Å². The molecule has 0 saturated carbocycles. The van der Waals surface area contributed by atoms with Crippen LogP contribution in [0.4, 0.5) is 0 Å². The Morgan fingerprint density at radius 3 is 2.47 bits per heavy atom. The van der Waals surface area contributed by atoms with Gasteiger partial charge in [0.2, 0.25) is 5.88 Å². The third-order valence-electron chi connectivity index (χ3n) is 2.43. The van der Waals surface area contributed by atoms with Crippen LogP contribution in [0, 0.1) is 6.92 Å². The molecule has 78 valence electrons. The fourth-order valence-electron chi connectivity index (χ4n) is 1.72. The Balaban J connectivity index is 2.83. The summed E-state index contributed by atoms with van der Waals surface area (Å²) in [7, 11) is 3.28. The number of hydrogen-bond acceptors (Lipinski definition) is 3. The fraction of sp³-hybridized carbons (Fsp3) is 0.250. The number of methoxy groups -OCH3 is 2. The van der Waals surface area contributed by atoms with Gasteiger partial charge in [0, 0.05) is 5.39 Å². The van der Waals surface area contributed by atoms with Gasteiger partial charge >= 0.3 is 0 Å². The van der Waals surface area contributed by atoms with Crippen molar-refractivity contribution in [1.82, 2.24) is 4.98 Å². The van der Waals surface area contributed by atoms with Gasteiger partial charge in [-0.15, -0.1) is 0 Å². The lowest BCUT2D eigenvalue weighted by Crippen LogP contribution is -1.96. The molecule has 0 N–H and O–H groups in total. The molecule has 1 aromatic heterocycles. The molecular formula is C12H13NO2. The Morgan fingerprint density at radius 2 is 1.80 bits per heavy atom. The van der Waals surface area contributed by atoms with Gasteiger partial charge in [0.25, 0.3) is 0 Å². The normalized spacial score (nSPS) is 10.3. The van der Waals surface area contributed by atoms with Crippen LogP contribution in [0.15, 0.2) is 24.3 Å². The minimum atomic E-state index is 0.616. The van der Waals surface area contributed by atoms with Gasteiger partial charge in [-0.2, -0.15) is 0 Å². The van der Waals surface area contributed by atoms with E-state index in [2.05, 4.69) is 4.98 Å². The first-order valence-electron chi connectivity index (χ1n) is 4.75. The van der Waals surface area contributed by atoms with Crippen molar-refractivity contribution in [3.05, 3.63) is 29.8 Å². The van der Waals surface area contributed by atoms with Gasteiger partial charge in [-0.3, -0.25) is 0 Å². The van der Waals surface area contributed by atoms with Crippen molar-refractivity contribution in [2.45, 2.75) is 6.92 Å². The number of para-hydroxylation sites is 1. The van der Waals surface area contributed by atoms with E-state index < -0.39 is 0 Å². The molecular weight excluding hydrogens is 190 g/mol. The number of pyridine rings is 1. The van der Waals surface area contributed by atoms with Gasteiger partial charge < -0.3 is 9.47 Å². The lowest BCUT2D eigenvalue weighted by molar-refractivity contribution is 0.381. The number of hydrogen-bond donors (Lipinski definition) is 0. The summed E-state index contributed by atoms with van der Waals surface area (Å²) in [5.74, 6) is 1.45. The molecule has 1 aromatic carbocycles. The van der Waals surface area contributed by atoms with E-state index in [9.17, 15) is 0 Å². The summed E-state index contributed by atoms with van der Waals surface area (Å²) in [5, 5.41) is 1.01. The molecule has 0 aliphatic heterocycles. The highest BCUT2D eigenvalue weighted by atomic mass is 16.5. The Hall–Kier alpha value is -1.77. The summed E-state index contributed by atoms with van der Waals surface area (Å²) in [6, 6.07) is 7.86. The number of benzene rings is 1. The molecule has 2 rings (SSSR count). The third kappa shape index (κ3) is 1.50. The summed E-state index contributed by atoms with van der Waals surface area (Å²) in [4.78, 5) is 4.40. The van der Waals surface area contributed by atoms with Crippen LogP contribution in [-0.4, -0.2) is 19.2 Å². The highest BCUT2D eigenvalue weighted by Crippen LogP contribution is 2.33. The third-order valence-corrected chi connectivity index (χ3v) is 2.43. The van der Waals surface area contributed by atoms with Crippen LogP contribution in [0.3, 0.4) is 0 Å². The standard InChI is InChI=1S/C12H13NO2/c1-8-11(14-2)9-6-4-5-7-10(9)13-12(8)15-3/h4-7H,1-3H3. The molecule has 0 atom stereocenters. The lowest BCUT2D eigenvalue weighted by atomic mass is 10.1. The first kappa shape index (κ1) is 9.77.